The molecule has 1 fully saturated rings. The van der Waals surface area contributed by atoms with E-state index in [2.05, 4.69) is 0 Å². The van der Waals surface area contributed by atoms with Crippen molar-refractivity contribution in [2.24, 2.45) is 0 Å². The van der Waals surface area contributed by atoms with Crippen LogP contribution < -0.4 is 5.73 Å². The third-order valence-electron chi connectivity index (χ3n) is 2.66. The van der Waals surface area contributed by atoms with Crippen LogP contribution in [0.15, 0.2) is 0 Å². The Labute approximate surface area is 88.4 Å². The molecule has 1 atom stereocenters. The van der Waals surface area contributed by atoms with Gasteiger partial charge in [0.25, 0.3) is 0 Å². The van der Waals surface area contributed by atoms with Crippen molar-refractivity contribution in [1.82, 2.24) is 0 Å². The van der Waals surface area contributed by atoms with Crippen LogP contribution in [-0.4, -0.2) is 26.2 Å². The second kappa shape index (κ2) is 2.96. The number of rotatable bonds is 1. The first kappa shape index (κ1) is 10.9. The molecule has 0 heterocycles. The number of nitrogens with two attached hydrogens (primary N) is 1. The molecule has 5 nitrogen and oxygen atoms in total. The van der Waals surface area contributed by atoms with Crippen molar-refractivity contribution in [2.75, 3.05) is 5.73 Å². The highest BCUT2D eigenvalue weighted by molar-refractivity contribution is 5.64. The van der Waals surface area contributed by atoms with E-state index in [9.17, 15) is 13.9 Å². The van der Waals surface area contributed by atoms with Crippen LogP contribution in [0.25, 0.3) is 0 Å². The first-order valence-electron chi connectivity index (χ1n) is 4.40. The van der Waals surface area contributed by atoms with Crippen molar-refractivity contribution in [3.8, 4) is 11.5 Å². The number of aliphatic hydroxyl groups is 2. The predicted octanol–water partition coefficient (Wildman–Crippen LogP) is 0.126. The van der Waals surface area contributed by atoms with Crippen molar-refractivity contribution in [3.05, 3.63) is 17.2 Å². The summed E-state index contributed by atoms with van der Waals surface area (Å²) in [4.78, 5) is 0. The third-order valence-corrected chi connectivity index (χ3v) is 2.66. The van der Waals surface area contributed by atoms with Gasteiger partial charge in [-0.25, -0.2) is 4.39 Å². The van der Waals surface area contributed by atoms with Crippen LogP contribution in [0.3, 0.4) is 0 Å². The van der Waals surface area contributed by atoms with E-state index in [0.29, 0.717) is 0 Å². The Morgan fingerprint density at radius 3 is 2.06 bits per heavy atom. The van der Waals surface area contributed by atoms with Gasteiger partial charge in [0.2, 0.25) is 5.82 Å². The molecule has 0 amide bonds. The smallest absolute Gasteiger partial charge is 0.206 e. The van der Waals surface area contributed by atoms with E-state index in [1.54, 1.807) is 0 Å². The molecule has 0 aliphatic heterocycles. The minimum absolute atomic E-state index is 0.171. The zero-order chi connectivity index (χ0) is 12.2. The average molecular weight is 233 g/mol. The summed E-state index contributed by atoms with van der Waals surface area (Å²) in [6, 6.07) is 0. The van der Waals surface area contributed by atoms with E-state index in [-0.39, 0.29) is 12.0 Å². The number of aromatic hydroxyl groups is 2. The number of anilines is 1. The highest BCUT2D eigenvalue weighted by atomic mass is 19.2. The molecule has 0 radical (unpaired) electrons. The van der Waals surface area contributed by atoms with Crippen LogP contribution in [0.1, 0.15) is 17.9 Å². The van der Waals surface area contributed by atoms with Gasteiger partial charge >= 0.3 is 0 Å². The molecule has 1 aromatic rings. The summed E-state index contributed by atoms with van der Waals surface area (Å²) < 4.78 is 26.1. The van der Waals surface area contributed by atoms with Crippen LogP contribution in [-0.2, 0) is 0 Å². The van der Waals surface area contributed by atoms with E-state index in [4.69, 9.17) is 21.1 Å². The summed E-state index contributed by atoms with van der Waals surface area (Å²) >= 11 is 0. The van der Waals surface area contributed by atoms with Gasteiger partial charge in [-0.3, -0.25) is 0 Å². The first-order valence-corrected chi connectivity index (χ1v) is 4.40. The highest BCUT2D eigenvalue weighted by Crippen LogP contribution is 2.56. The maximum absolute atomic E-state index is 13.1. The summed E-state index contributed by atoms with van der Waals surface area (Å²) in [6.45, 7) is 0. The summed E-state index contributed by atoms with van der Waals surface area (Å²) in [5.41, 5.74) is 4.09. The normalized spacial score (nSPS) is 22.1. The van der Waals surface area contributed by atoms with Crippen molar-refractivity contribution < 1.29 is 29.2 Å². The molecule has 1 saturated carbocycles. The van der Waals surface area contributed by atoms with Crippen LogP contribution in [0.4, 0.5) is 14.5 Å². The number of halogens is 2. The van der Waals surface area contributed by atoms with Gasteiger partial charge in [-0.1, -0.05) is 0 Å². The third kappa shape index (κ3) is 1.29. The molecule has 1 aromatic carbocycles. The molecule has 6 N–H and O–H groups in total. The topological polar surface area (TPSA) is 107 Å². The maximum atomic E-state index is 13.1. The second-order valence-electron chi connectivity index (χ2n) is 3.79. The van der Waals surface area contributed by atoms with E-state index in [0.717, 1.165) is 0 Å². The molecule has 88 valence electrons. The summed E-state index contributed by atoms with van der Waals surface area (Å²) in [6.07, 6.45) is -0.171. The van der Waals surface area contributed by atoms with Gasteiger partial charge < -0.3 is 26.2 Å². The van der Waals surface area contributed by atoms with Gasteiger partial charge in [0.15, 0.2) is 23.1 Å². The Bertz CT molecular complexity index is 446. The lowest BCUT2D eigenvalue weighted by Crippen LogP contribution is -2.10. The SMILES string of the molecule is Nc1c(F)c(F)c(O)c(O)c1C1CC1(O)O. The lowest BCUT2D eigenvalue weighted by Gasteiger charge is -2.12. The minimum atomic E-state index is -2.11. The van der Waals surface area contributed by atoms with E-state index in [1.807, 2.05) is 0 Å². The van der Waals surface area contributed by atoms with Gasteiger partial charge in [0.1, 0.15) is 0 Å². The van der Waals surface area contributed by atoms with Crippen LogP contribution in [0, 0.1) is 11.6 Å². The summed E-state index contributed by atoms with van der Waals surface area (Å²) in [5.74, 6) is -8.58. The number of hydrogen-bond donors (Lipinski definition) is 5. The van der Waals surface area contributed by atoms with Crippen molar-refractivity contribution in [3.63, 3.8) is 0 Å². The van der Waals surface area contributed by atoms with Crippen molar-refractivity contribution >= 4 is 5.69 Å². The molecule has 1 unspecified atom stereocenters. The fourth-order valence-electron chi connectivity index (χ4n) is 1.63. The number of nitrogen functional groups attached to an aromatic ring is 1. The lowest BCUT2D eigenvalue weighted by atomic mass is 10.0. The summed E-state index contributed by atoms with van der Waals surface area (Å²) in [7, 11) is 0. The molecule has 0 saturated heterocycles. The monoisotopic (exact) mass is 233 g/mol. The number of hydrogen-bond acceptors (Lipinski definition) is 5. The minimum Gasteiger partial charge on any atom is -0.504 e. The first-order chi connectivity index (χ1) is 7.27. The number of phenols is 2. The largest absolute Gasteiger partial charge is 0.504 e. The van der Waals surface area contributed by atoms with Crippen LogP contribution in [0.5, 0.6) is 11.5 Å². The second-order valence-corrected chi connectivity index (χ2v) is 3.79. The zero-order valence-corrected chi connectivity index (χ0v) is 7.91. The molecular weight excluding hydrogens is 224 g/mol. The Morgan fingerprint density at radius 1 is 1.12 bits per heavy atom. The van der Waals surface area contributed by atoms with E-state index >= 15 is 0 Å². The van der Waals surface area contributed by atoms with Crippen LogP contribution >= 0.6 is 0 Å². The highest BCUT2D eigenvalue weighted by Gasteiger charge is 2.55. The zero-order valence-electron chi connectivity index (χ0n) is 7.91. The Morgan fingerprint density at radius 2 is 1.62 bits per heavy atom. The van der Waals surface area contributed by atoms with Crippen molar-refractivity contribution in [2.45, 2.75) is 18.1 Å². The Kier molecular flexibility index (Phi) is 2.01. The molecule has 1 aliphatic carbocycles. The maximum Gasteiger partial charge on any atom is 0.206 e. The van der Waals surface area contributed by atoms with E-state index < -0.39 is 40.5 Å². The standard InChI is InChI=1S/C9H9F2NO4/c10-4-5(11)8(14)7(13)3(6(4)12)2-1-9(2,15)16/h2,13-16H,1,12H2. The fourth-order valence-corrected chi connectivity index (χ4v) is 1.63. The number of phenolic OH excluding ortho intramolecular Hbond substituents is 2. The molecule has 0 spiro atoms. The molecular formula is C9H9F2NO4. The average Bonchev–Trinajstić information content (AvgIpc) is 2.82. The predicted molar refractivity (Wildman–Crippen MR) is 48.6 cm³/mol. The Balaban J connectivity index is 2.63. The van der Waals surface area contributed by atoms with Gasteiger partial charge in [0, 0.05) is 17.9 Å². The molecule has 7 heteroatoms. The van der Waals surface area contributed by atoms with Gasteiger partial charge in [0.05, 0.1) is 5.69 Å². The van der Waals surface area contributed by atoms with Gasteiger partial charge in [-0.05, 0) is 0 Å². The van der Waals surface area contributed by atoms with Gasteiger partial charge in [-0.2, -0.15) is 4.39 Å². The molecule has 0 aromatic heterocycles. The molecule has 2 rings (SSSR count). The number of benzene rings is 1. The lowest BCUT2D eigenvalue weighted by molar-refractivity contribution is -0.0735. The van der Waals surface area contributed by atoms with Crippen LogP contribution in [0.2, 0.25) is 0 Å². The van der Waals surface area contributed by atoms with E-state index in [1.165, 1.54) is 0 Å². The Hall–Kier alpha value is -1.60. The molecule has 0 bridgehead atoms. The summed E-state index contributed by atoms with van der Waals surface area (Å²) in [5, 5.41) is 36.7. The molecule has 1 aliphatic rings. The fraction of sp³-hybridized carbons (Fsp3) is 0.333. The van der Waals surface area contributed by atoms with Gasteiger partial charge in [-0.15, -0.1) is 0 Å². The molecule has 16 heavy (non-hydrogen) atoms. The van der Waals surface area contributed by atoms with Crippen molar-refractivity contribution in [1.29, 1.82) is 0 Å². The quantitative estimate of drug-likeness (QED) is 0.205.